The summed E-state index contributed by atoms with van der Waals surface area (Å²) in [6.45, 7) is 3.64. The Morgan fingerprint density at radius 1 is 1.11 bits per heavy atom. The zero-order valence-electron chi connectivity index (χ0n) is 14.5. The van der Waals surface area contributed by atoms with Crippen molar-refractivity contribution in [1.29, 1.82) is 0 Å². The zero-order valence-corrected chi connectivity index (χ0v) is 15.3. The van der Waals surface area contributed by atoms with Crippen LogP contribution in [0.2, 0.25) is 0 Å². The van der Waals surface area contributed by atoms with Crippen molar-refractivity contribution in [2.45, 2.75) is 36.8 Å². The van der Waals surface area contributed by atoms with Gasteiger partial charge in [-0.05, 0) is 42.0 Å². The molecule has 144 valence electrons. The Morgan fingerprint density at radius 3 is 2.48 bits per heavy atom. The third kappa shape index (κ3) is 3.92. The van der Waals surface area contributed by atoms with Gasteiger partial charge in [-0.15, -0.1) is 0 Å². The molecule has 2 N–H and O–H groups in total. The average Bonchev–Trinajstić information content (AvgIpc) is 2.52. The minimum Gasteiger partial charge on any atom is -0.326 e. The van der Waals surface area contributed by atoms with E-state index in [0.717, 1.165) is 18.2 Å². The molecule has 0 saturated carbocycles. The van der Waals surface area contributed by atoms with E-state index in [0.29, 0.717) is 11.3 Å². The number of alkyl halides is 3. The van der Waals surface area contributed by atoms with Gasteiger partial charge in [0.2, 0.25) is 5.91 Å². The average molecular weight is 398 g/mol. The number of carbonyl (C=O) groups excluding carboxylic acids is 1. The van der Waals surface area contributed by atoms with Crippen molar-refractivity contribution in [3.05, 3.63) is 53.6 Å². The first-order valence-corrected chi connectivity index (χ1v) is 9.51. The predicted octanol–water partition coefficient (Wildman–Crippen LogP) is 4.13. The minimum absolute atomic E-state index is 0.0946. The van der Waals surface area contributed by atoms with Gasteiger partial charge in [-0.25, -0.2) is 8.42 Å². The van der Waals surface area contributed by atoms with Gasteiger partial charge in [-0.2, -0.15) is 13.2 Å². The molecule has 0 spiro atoms. The van der Waals surface area contributed by atoms with Crippen molar-refractivity contribution >= 4 is 27.3 Å². The zero-order chi connectivity index (χ0) is 20.0. The van der Waals surface area contributed by atoms with Gasteiger partial charge in [0.25, 0.3) is 10.0 Å². The number of hydrogen-bond donors (Lipinski definition) is 2. The minimum atomic E-state index is -4.57. The third-order valence-electron chi connectivity index (χ3n) is 4.35. The Hall–Kier alpha value is -2.55. The molecule has 0 fully saturated rings. The number of halogens is 3. The standard InChI is InChI=1S/C18H17F3N2O3S/c1-17(2)10-16(24)22-15-7-6-13(9-14(15)17)27(25,26)23-12-5-3-4-11(8-12)18(19,20)21/h3-9,23H,10H2,1-2H3,(H,22,24). The fourth-order valence-electron chi connectivity index (χ4n) is 3.02. The van der Waals surface area contributed by atoms with Crippen molar-refractivity contribution in [3.63, 3.8) is 0 Å². The summed E-state index contributed by atoms with van der Waals surface area (Å²) in [6, 6.07) is 8.19. The van der Waals surface area contributed by atoms with E-state index in [9.17, 15) is 26.4 Å². The molecule has 0 unspecified atom stereocenters. The second-order valence-electron chi connectivity index (χ2n) is 7.00. The van der Waals surface area contributed by atoms with E-state index in [4.69, 9.17) is 0 Å². The van der Waals surface area contributed by atoms with Gasteiger partial charge in [-0.1, -0.05) is 19.9 Å². The molecule has 1 amide bonds. The first kappa shape index (κ1) is 19.2. The highest BCUT2D eigenvalue weighted by Crippen LogP contribution is 2.38. The van der Waals surface area contributed by atoms with Crippen LogP contribution in [-0.2, 0) is 26.4 Å². The Balaban J connectivity index is 1.96. The first-order chi connectivity index (χ1) is 12.4. The summed E-state index contributed by atoms with van der Waals surface area (Å²) < 4.78 is 65.9. The summed E-state index contributed by atoms with van der Waals surface area (Å²) >= 11 is 0. The molecule has 1 heterocycles. The van der Waals surface area contributed by atoms with Crippen LogP contribution in [0.4, 0.5) is 24.5 Å². The third-order valence-corrected chi connectivity index (χ3v) is 5.73. The van der Waals surface area contributed by atoms with Crippen molar-refractivity contribution in [2.75, 3.05) is 10.0 Å². The van der Waals surface area contributed by atoms with Crippen LogP contribution in [0.5, 0.6) is 0 Å². The lowest BCUT2D eigenvalue weighted by atomic mass is 9.78. The Labute approximate surface area is 154 Å². The number of amides is 1. The summed E-state index contributed by atoms with van der Waals surface area (Å²) in [5.41, 5.74) is -0.533. The molecule has 0 radical (unpaired) electrons. The largest absolute Gasteiger partial charge is 0.416 e. The van der Waals surface area contributed by atoms with Gasteiger partial charge in [0.15, 0.2) is 0 Å². The molecule has 5 nitrogen and oxygen atoms in total. The van der Waals surface area contributed by atoms with Gasteiger partial charge in [0.05, 0.1) is 10.5 Å². The van der Waals surface area contributed by atoms with Gasteiger partial charge >= 0.3 is 6.18 Å². The fraction of sp³-hybridized carbons (Fsp3) is 0.278. The number of anilines is 2. The highest BCUT2D eigenvalue weighted by Gasteiger charge is 2.33. The van der Waals surface area contributed by atoms with Gasteiger partial charge in [-0.3, -0.25) is 9.52 Å². The van der Waals surface area contributed by atoms with Crippen molar-refractivity contribution in [3.8, 4) is 0 Å². The number of hydrogen-bond acceptors (Lipinski definition) is 3. The topological polar surface area (TPSA) is 75.3 Å². The molecule has 1 aliphatic rings. The highest BCUT2D eigenvalue weighted by molar-refractivity contribution is 7.92. The summed E-state index contributed by atoms with van der Waals surface area (Å²) in [5, 5.41) is 2.69. The number of fused-ring (bicyclic) bond motifs is 1. The monoisotopic (exact) mass is 398 g/mol. The molecule has 0 saturated heterocycles. The Bertz CT molecular complexity index is 1010. The van der Waals surface area contributed by atoms with Crippen LogP contribution in [0.3, 0.4) is 0 Å². The maximum atomic E-state index is 12.8. The van der Waals surface area contributed by atoms with Crippen LogP contribution >= 0.6 is 0 Å². The molecule has 2 aromatic carbocycles. The fourth-order valence-corrected chi connectivity index (χ4v) is 4.10. The van der Waals surface area contributed by atoms with E-state index in [1.165, 1.54) is 24.3 Å². The molecule has 0 aromatic heterocycles. The molecule has 0 aliphatic carbocycles. The lowest BCUT2D eigenvalue weighted by Gasteiger charge is -2.32. The van der Waals surface area contributed by atoms with Crippen LogP contribution in [0.15, 0.2) is 47.4 Å². The number of nitrogens with one attached hydrogen (secondary N) is 2. The number of benzene rings is 2. The number of rotatable bonds is 3. The van der Waals surface area contributed by atoms with Crippen molar-refractivity contribution < 1.29 is 26.4 Å². The smallest absolute Gasteiger partial charge is 0.326 e. The summed E-state index contributed by atoms with van der Waals surface area (Å²) in [7, 11) is -4.10. The molecule has 2 aromatic rings. The molecule has 27 heavy (non-hydrogen) atoms. The highest BCUT2D eigenvalue weighted by atomic mass is 32.2. The van der Waals surface area contributed by atoms with E-state index in [1.54, 1.807) is 0 Å². The van der Waals surface area contributed by atoms with Crippen molar-refractivity contribution in [2.24, 2.45) is 0 Å². The molecule has 1 aliphatic heterocycles. The lowest BCUT2D eigenvalue weighted by molar-refractivity contribution is -0.137. The van der Waals surface area contributed by atoms with Crippen LogP contribution < -0.4 is 10.0 Å². The van der Waals surface area contributed by atoms with Gasteiger partial charge in [0.1, 0.15) is 0 Å². The normalized spacial score (nSPS) is 16.4. The Morgan fingerprint density at radius 2 is 1.81 bits per heavy atom. The van der Waals surface area contributed by atoms with E-state index < -0.39 is 27.2 Å². The second kappa shape index (κ2) is 6.26. The summed E-state index contributed by atoms with van der Waals surface area (Å²) in [4.78, 5) is 11.6. The van der Waals surface area contributed by atoms with E-state index in [-0.39, 0.29) is 22.9 Å². The quantitative estimate of drug-likeness (QED) is 0.817. The van der Waals surface area contributed by atoms with E-state index >= 15 is 0 Å². The maximum absolute atomic E-state index is 12.8. The van der Waals surface area contributed by atoms with E-state index in [1.807, 2.05) is 13.8 Å². The lowest BCUT2D eigenvalue weighted by Crippen LogP contribution is -2.32. The van der Waals surface area contributed by atoms with Gasteiger partial charge in [0, 0.05) is 23.2 Å². The molecular weight excluding hydrogens is 381 g/mol. The number of carbonyl (C=O) groups is 1. The van der Waals surface area contributed by atoms with Crippen molar-refractivity contribution in [1.82, 2.24) is 0 Å². The second-order valence-corrected chi connectivity index (χ2v) is 8.68. The predicted molar refractivity (Wildman–Crippen MR) is 95.0 cm³/mol. The van der Waals surface area contributed by atoms with Gasteiger partial charge < -0.3 is 5.32 Å². The maximum Gasteiger partial charge on any atom is 0.416 e. The molecule has 9 heteroatoms. The van der Waals surface area contributed by atoms with Crippen LogP contribution in [0.25, 0.3) is 0 Å². The number of sulfonamides is 1. The molecular formula is C18H17F3N2O3S. The van der Waals surface area contributed by atoms with Crippen LogP contribution in [0.1, 0.15) is 31.4 Å². The molecule has 0 atom stereocenters. The Kier molecular flexibility index (Phi) is 4.46. The molecule has 0 bridgehead atoms. The van der Waals surface area contributed by atoms with Crippen LogP contribution in [-0.4, -0.2) is 14.3 Å². The summed E-state index contributed by atoms with van der Waals surface area (Å²) in [5.74, 6) is -0.162. The van der Waals surface area contributed by atoms with Crippen LogP contribution in [0, 0.1) is 0 Å². The molecule has 3 rings (SSSR count). The summed E-state index contributed by atoms with van der Waals surface area (Å²) in [6.07, 6.45) is -4.37. The SMILES string of the molecule is CC1(C)CC(=O)Nc2ccc(S(=O)(=O)Nc3cccc(C(F)(F)F)c3)cc21. The first-order valence-electron chi connectivity index (χ1n) is 8.03. The van der Waals surface area contributed by atoms with E-state index in [2.05, 4.69) is 10.0 Å².